The number of aromatic nitrogens is 2. The van der Waals surface area contributed by atoms with Crippen LogP contribution in [-0.4, -0.2) is 54.9 Å². The summed E-state index contributed by atoms with van der Waals surface area (Å²) in [5, 5.41) is 7.20. The summed E-state index contributed by atoms with van der Waals surface area (Å²) in [5.41, 5.74) is 1.80. The molecule has 9 nitrogen and oxygen atoms in total. The molecule has 186 valence electrons. The Labute approximate surface area is 205 Å². The molecule has 1 aliphatic heterocycles. The third-order valence-electron chi connectivity index (χ3n) is 6.02. The van der Waals surface area contributed by atoms with Crippen LogP contribution in [0.15, 0.2) is 47.0 Å². The molecule has 1 unspecified atom stereocenters. The predicted octanol–water partition coefficient (Wildman–Crippen LogP) is 3.68. The van der Waals surface area contributed by atoms with Gasteiger partial charge in [0.05, 0.1) is 33.3 Å². The van der Waals surface area contributed by atoms with Gasteiger partial charge >= 0.3 is 0 Å². The lowest BCUT2D eigenvalue weighted by molar-refractivity contribution is -0.127. The minimum absolute atomic E-state index is 0.0630. The van der Waals surface area contributed by atoms with Gasteiger partial charge in [-0.2, -0.15) is 4.98 Å². The Morgan fingerprint density at radius 2 is 2.03 bits per heavy atom. The largest absolute Gasteiger partial charge is 0.494 e. The fourth-order valence-electron chi connectivity index (χ4n) is 4.26. The molecule has 1 amide bonds. The van der Waals surface area contributed by atoms with Crippen LogP contribution < -0.4 is 19.5 Å². The molecular weight excluding hydrogens is 448 g/mol. The number of piperidine rings is 1. The molecule has 1 atom stereocenters. The van der Waals surface area contributed by atoms with Crippen LogP contribution in [0.5, 0.6) is 17.2 Å². The molecule has 1 aromatic heterocycles. The zero-order chi connectivity index (χ0) is 24.6. The number of rotatable bonds is 10. The van der Waals surface area contributed by atoms with E-state index < -0.39 is 0 Å². The summed E-state index contributed by atoms with van der Waals surface area (Å²) in [6.07, 6.45) is 1.80. The number of nitrogens with zero attached hydrogens (tertiary/aromatic N) is 3. The Morgan fingerprint density at radius 1 is 1.17 bits per heavy atom. The molecule has 1 N–H and O–H groups in total. The number of hydrogen-bond donors (Lipinski definition) is 1. The van der Waals surface area contributed by atoms with Crippen molar-refractivity contribution in [2.24, 2.45) is 5.92 Å². The van der Waals surface area contributed by atoms with E-state index in [2.05, 4.69) is 20.4 Å². The van der Waals surface area contributed by atoms with E-state index in [0.717, 1.165) is 36.3 Å². The van der Waals surface area contributed by atoms with Crippen molar-refractivity contribution in [3.8, 4) is 28.6 Å². The standard InChI is InChI=1S/C26H32N4O5/c1-4-34-21-9-5-7-18(13-21)15-27-26(31)20-8-6-12-30(16-20)17-24-28-25(29-35-24)19-10-11-22(32-2)23(14-19)33-3/h5,7,9-11,13-14,20H,4,6,8,12,15-17H2,1-3H3,(H,27,31). The molecule has 2 aromatic carbocycles. The van der Waals surface area contributed by atoms with Gasteiger partial charge in [-0.05, 0) is 62.2 Å². The van der Waals surface area contributed by atoms with Gasteiger partial charge in [0.15, 0.2) is 11.5 Å². The topological polar surface area (TPSA) is 99.0 Å². The molecule has 35 heavy (non-hydrogen) atoms. The van der Waals surface area contributed by atoms with E-state index >= 15 is 0 Å². The van der Waals surface area contributed by atoms with E-state index in [1.54, 1.807) is 14.2 Å². The van der Waals surface area contributed by atoms with Crippen molar-refractivity contribution in [2.45, 2.75) is 32.9 Å². The number of hydrogen-bond acceptors (Lipinski definition) is 8. The Balaban J connectivity index is 1.32. The van der Waals surface area contributed by atoms with E-state index in [0.29, 0.717) is 49.5 Å². The highest BCUT2D eigenvalue weighted by Crippen LogP contribution is 2.31. The van der Waals surface area contributed by atoms with Gasteiger partial charge in [-0.15, -0.1) is 0 Å². The van der Waals surface area contributed by atoms with E-state index in [1.165, 1.54) is 0 Å². The molecule has 0 bridgehead atoms. The number of likely N-dealkylation sites (tertiary alicyclic amines) is 1. The van der Waals surface area contributed by atoms with Gasteiger partial charge in [0, 0.05) is 18.7 Å². The van der Waals surface area contributed by atoms with Crippen molar-refractivity contribution < 1.29 is 23.5 Å². The van der Waals surface area contributed by atoms with E-state index in [4.69, 9.17) is 18.7 Å². The zero-order valence-corrected chi connectivity index (χ0v) is 20.5. The van der Waals surface area contributed by atoms with Crippen LogP contribution in [0.2, 0.25) is 0 Å². The number of carbonyl (C=O) groups is 1. The number of nitrogens with one attached hydrogen (secondary N) is 1. The summed E-state index contributed by atoms with van der Waals surface area (Å²) in [6, 6.07) is 13.3. The summed E-state index contributed by atoms with van der Waals surface area (Å²) in [7, 11) is 3.18. The highest BCUT2D eigenvalue weighted by molar-refractivity contribution is 5.79. The second-order valence-corrected chi connectivity index (χ2v) is 8.45. The zero-order valence-electron chi connectivity index (χ0n) is 20.5. The van der Waals surface area contributed by atoms with Crippen LogP contribution in [0.25, 0.3) is 11.4 Å². The minimum atomic E-state index is -0.0768. The monoisotopic (exact) mass is 480 g/mol. The SMILES string of the molecule is CCOc1cccc(CNC(=O)C2CCCN(Cc3nc(-c4ccc(OC)c(OC)c4)no3)C2)c1. The Kier molecular flexibility index (Phi) is 8.20. The van der Waals surface area contributed by atoms with E-state index in [1.807, 2.05) is 49.4 Å². The third kappa shape index (κ3) is 6.30. The van der Waals surface area contributed by atoms with Gasteiger partial charge in [0.2, 0.25) is 17.6 Å². The van der Waals surface area contributed by atoms with Crippen LogP contribution in [0.3, 0.4) is 0 Å². The Hall–Kier alpha value is -3.59. The number of ether oxygens (including phenoxy) is 3. The fraction of sp³-hybridized carbons (Fsp3) is 0.423. The lowest BCUT2D eigenvalue weighted by Crippen LogP contribution is -2.42. The second kappa shape index (κ2) is 11.7. The van der Waals surface area contributed by atoms with Gasteiger partial charge in [0.1, 0.15) is 5.75 Å². The number of carbonyl (C=O) groups excluding carboxylic acids is 1. The molecular formula is C26H32N4O5. The Morgan fingerprint density at radius 3 is 2.83 bits per heavy atom. The lowest BCUT2D eigenvalue weighted by Gasteiger charge is -2.30. The lowest BCUT2D eigenvalue weighted by atomic mass is 9.97. The van der Waals surface area contributed by atoms with Crippen LogP contribution in [-0.2, 0) is 17.9 Å². The molecule has 4 rings (SSSR count). The van der Waals surface area contributed by atoms with Gasteiger partial charge in [-0.25, -0.2) is 0 Å². The molecule has 1 saturated heterocycles. The van der Waals surface area contributed by atoms with Crippen molar-refractivity contribution in [3.05, 3.63) is 53.9 Å². The second-order valence-electron chi connectivity index (χ2n) is 8.45. The maximum absolute atomic E-state index is 12.8. The van der Waals surface area contributed by atoms with Gasteiger partial charge in [0.25, 0.3) is 0 Å². The van der Waals surface area contributed by atoms with E-state index in [-0.39, 0.29) is 11.8 Å². The summed E-state index contributed by atoms with van der Waals surface area (Å²) >= 11 is 0. The predicted molar refractivity (Wildman–Crippen MR) is 130 cm³/mol. The van der Waals surface area contributed by atoms with Crippen molar-refractivity contribution in [1.82, 2.24) is 20.4 Å². The van der Waals surface area contributed by atoms with Crippen LogP contribution in [0, 0.1) is 5.92 Å². The smallest absolute Gasteiger partial charge is 0.241 e. The molecule has 1 aliphatic rings. The molecule has 1 fully saturated rings. The molecule has 9 heteroatoms. The summed E-state index contributed by atoms with van der Waals surface area (Å²) < 4.78 is 21.7. The first-order valence-electron chi connectivity index (χ1n) is 11.9. The summed E-state index contributed by atoms with van der Waals surface area (Å²) in [6.45, 7) is 5.08. The Bertz CT molecular complexity index is 1130. The quantitative estimate of drug-likeness (QED) is 0.469. The van der Waals surface area contributed by atoms with Crippen molar-refractivity contribution in [1.29, 1.82) is 0 Å². The number of methoxy groups -OCH3 is 2. The highest BCUT2D eigenvalue weighted by atomic mass is 16.5. The van der Waals surface area contributed by atoms with Crippen LogP contribution >= 0.6 is 0 Å². The molecule has 0 saturated carbocycles. The number of benzene rings is 2. The first kappa shape index (κ1) is 24.5. The normalized spacial score (nSPS) is 16.0. The fourth-order valence-corrected chi connectivity index (χ4v) is 4.26. The third-order valence-corrected chi connectivity index (χ3v) is 6.02. The minimum Gasteiger partial charge on any atom is -0.494 e. The molecule has 3 aromatic rings. The summed E-state index contributed by atoms with van der Waals surface area (Å²) in [5.74, 6) is 3.05. The van der Waals surface area contributed by atoms with Crippen molar-refractivity contribution in [2.75, 3.05) is 33.9 Å². The average Bonchev–Trinajstić information content (AvgIpc) is 3.36. The maximum Gasteiger partial charge on any atom is 0.241 e. The van der Waals surface area contributed by atoms with Crippen molar-refractivity contribution >= 4 is 5.91 Å². The maximum atomic E-state index is 12.8. The molecule has 0 aliphatic carbocycles. The van der Waals surface area contributed by atoms with Gasteiger partial charge < -0.3 is 24.1 Å². The van der Waals surface area contributed by atoms with Crippen molar-refractivity contribution in [3.63, 3.8) is 0 Å². The molecule has 2 heterocycles. The molecule has 0 radical (unpaired) electrons. The first-order chi connectivity index (χ1) is 17.1. The van der Waals surface area contributed by atoms with Crippen LogP contribution in [0.1, 0.15) is 31.2 Å². The van der Waals surface area contributed by atoms with Gasteiger partial charge in [-0.3, -0.25) is 9.69 Å². The van der Waals surface area contributed by atoms with E-state index in [9.17, 15) is 4.79 Å². The number of amides is 1. The van der Waals surface area contributed by atoms with Crippen LogP contribution in [0.4, 0.5) is 0 Å². The first-order valence-corrected chi connectivity index (χ1v) is 11.9. The summed E-state index contributed by atoms with van der Waals surface area (Å²) in [4.78, 5) is 19.6. The van der Waals surface area contributed by atoms with Gasteiger partial charge in [-0.1, -0.05) is 17.3 Å². The highest BCUT2D eigenvalue weighted by Gasteiger charge is 2.27. The average molecular weight is 481 g/mol. The molecule has 0 spiro atoms.